The van der Waals surface area contributed by atoms with Crippen molar-refractivity contribution in [3.05, 3.63) is 52.4 Å². The monoisotopic (exact) mass is 263 g/mol. The molecule has 17 heavy (non-hydrogen) atoms. The molecule has 0 amide bonds. The summed E-state index contributed by atoms with van der Waals surface area (Å²) in [6.07, 6.45) is 4.04. The van der Waals surface area contributed by atoms with Crippen LogP contribution in [0.2, 0.25) is 5.02 Å². The fourth-order valence-electron chi connectivity index (χ4n) is 1.49. The molecule has 0 aliphatic heterocycles. The molecule has 2 rings (SSSR count). The van der Waals surface area contributed by atoms with Gasteiger partial charge in [0.25, 0.3) is 0 Å². The lowest BCUT2D eigenvalue weighted by atomic mass is 10.2. The topological polar surface area (TPSA) is 26.0 Å². The fraction of sp³-hybridized carbons (Fsp3) is 0.143. The van der Waals surface area contributed by atoms with E-state index in [-0.39, 0.29) is 6.04 Å². The zero-order valence-corrected chi connectivity index (χ0v) is 11.1. The van der Waals surface area contributed by atoms with E-state index < -0.39 is 0 Å². The minimum Gasteiger partial charge on any atom is -0.325 e. The highest BCUT2D eigenvalue weighted by molar-refractivity contribution is 7.16. The number of benzene rings is 1. The molecule has 1 nitrogen and oxygen atoms in total. The van der Waals surface area contributed by atoms with Gasteiger partial charge < -0.3 is 5.73 Å². The van der Waals surface area contributed by atoms with Gasteiger partial charge in [0.05, 0.1) is 0 Å². The summed E-state index contributed by atoms with van der Waals surface area (Å²) < 4.78 is 0. The van der Waals surface area contributed by atoms with E-state index in [0.717, 1.165) is 10.6 Å². The lowest BCUT2D eigenvalue weighted by molar-refractivity contribution is 0.931. The van der Waals surface area contributed by atoms with Gasteiger partial charge in [-0.3, -0.25) is 0 Å². The Labute approximate surface area is 111 Å². The molecule has 88 valence electrons. The average molecular weight is 264 g/mol. The van der Waals surface area contributed by atoms with Crippen LogP contribution >= 0.6 is 22.9 Å². The zero-order chi connectivity index (χ0) is 12.3. The molecular weight excluding hydrogens is 250 g/mol. The third kappa shape index (κ3) is 3.19. The van der Waals surface area contributed by atoms with E-state index in [4.69, 9.17) is 17.3 Å². The fourth-order valence-corrected chi connectivity index (χ4v) is 2.75. The van der Waals surface area contributed by atoms with Crippen molar-refractivity contribution in [1.82, 2.24) is 0 Å². The van der Waals surface area contributed by atoms with E-state index in [1.54, 1.807) is 11.3 Å². The van der Waals surface area contributed by atoms with Crippen molar-refractivity contribution < 1.29 is 0 Å². The number of halogens is 1. The minimum atomic E-state index is 0.0841. The van der Waals surface area contributed by atoms with Crippen molar-refractivity contribution in [2.45, 2.75) is 13.0 Å². The van der Waals surface area contributed by atoms with Crippen LogP contribution in [0.15, 0.2) is 42.5 Å². The van der Waals surface area contributed by atoms with Gasteiger partial charge in [0, 0.05) is 26.4 Å². The van der Waals surface area contributed by atoms with Gasteiger partial charge in [0.15, 0.2) is 0 Å². The van der Waals surface area contributed by atoms with E-state index in [0.29, 0.717) is 0 Å². The predicted octanol–water partition coefficient (Wildman–Crippen LogP) is 4.43. The highest BCUT2D eigenvalue weighted by Gasteiger charge is 2.04. The van der Waals surface area contributed by atoms with E-state index in [9.17, 15) is 0 Å². The highest BCUT2D eigenvalue weighted by atomic mass is 35.5. The number of thiophene rings is 1. The molecule has 0 spiro atoms. The Morgan fingerprint density at radius 2 is 2.00 bits per heavy atom. The van der Waals surface area contributed by atoms with Gasteiger partial charge in [-0.25, -0.2) is 0 Å². The van der Waals surface area contributed by atoms with E-state index in [1.165, 1.54) is 9.75 Å². The van der Waals surface area contributed by atoms with Gasteiger partial charge in [0.1, 0.15) is 0 Å². The van der Waals surface area contributed by atoms with Gasteiger partial charge in [-0.15, -0.1) is 11.3 Å². The lowest BCUT2D eigenvalue weighted by Crippen LogP contribution is -2.09. The van der Waals surface area contributed by atoms with Crippen molar-refractivity contribution in [1.29, 1.82) is 0 Å². The summed E-state index contributed by atoms with van der Waals surface area (Å²) in [6.45, 7) is 1.96. The van der Waals surface area contributed by atoms with E-state index >= 15 is 0 Å². The summed E-state index contributed by atoms with van der Waals surface area (Å²) in [7, 11) is 0. The summed E-state index contributed by atoms with van der Waals surface area (Å²) in [5, 5.41) is 0.789. The Bertz CT molecular complexity index is 529. The summed E-state index contributed by atoms with van der Waals surface area (Å²) in [5.74, 6) is 0. The second-order valence-corrected chi connectivity index (χ2v) is 5.42. The molecule has 1 atom stereocenters. The maximum atomic E-state index is 6.16. The molecule has 2 aromatic rings. The van der Waals surface area contributed by atoms with Crippen LogP contribution < -0.4 is 5.73 Å². The van der Waals surface area contributed by atoms with Crippen molar-refractivity contribution in [2.75, 3.05) is 0 Å². The van der Waals surface area contributed by atoms with Crippen molar-refractivity contribution in [3.8, 4) is 10.4 Å². The standard InChI is InChI=1S/C14H14ClNS/c1-10(16)6-7-11-8-9-14(17-11)12-4-2-3-5-13(12)15/h2-10H,16H2,1H3/b7-6+. The largest absolute Gasteiger partial charge is 0.325 e. The third-order valence-electron chi connectivity index (χ3n) is 2.33. The van der Waals surface area contributed by atoms with Crippen LogP contribution in [0, 0.1) is 0 Å². The van der Waals surface area contributed by atoms with Crippen LogP contribution in [0.25, 0.3) is 16.5 Å². The molecule has 0 aliphatic carbocycles. The second kappa shape index (κ2) is 5.50. The maximum Gasteiger partial charge on any atom is 0.0492 e. The Kier molecular flexibility index (Phi) is 4.00. The molecule has 2 N–H and O–H groups in total. The molecular formula is C14H14ClNS. The molecule has 0 aliphatic rings. The molecule has 1 unspecified atom stereocenters. The first-order valence-corrected chi connectivity index (χ1v) is 6.65. The first kappa shape index (κ1) is 12.4. The second-order valence-electron chi connectivity index (χ2n) is 3.90. The number of nitrogens with two attached hydrogens (primary N) is 1. The molecule has 0 bridgehead atoms. The van der Waals surface area contributed by atoms with Crippen LogP contribution in [-0.4, -0.2) is 6.04 Å². The number of hydrogen-bond acceptors (Lipinski definition) is 2. The minimum absolute atomic E-state index is 0.0841. The molecule has 0 saturated heterocycles. The Balaban J connectivity index is 2.27. The van der Waals surface area contributed by atoms with Gasteiger partial charge >= 0.3 is 0 Å². The first-order valence-electron chi connectivity index (χ1n) is 5.45. The van der Waals surface area contributed by atoms with Gasteiger partial charge in [-0.2, -0.15) is 0 Å². The van der Waals surface area contributed by atoms with Crippen molar-refractivity contribution >= 4 is 29.0 Å². The molecule has 3 heteroatoms. The van der Waals surface area contributed by atoms with Crippen molar-refractivity contribution in [3.63, 3.8) is 0 Å². The Morgan fingerprint density at radius 3 is 2.71 bits per heavy atom. The van der Waals surface area contributed by atoms with Crippen molar-refractivity contribution in [2.24, 2.45) is 5.73 Å². The normalized spacial score (nSPS) is 13.1. The number of hydrogen-bond donors (Lipinski definition) is 1. The van der Waals surface area contributed by atoms with Crippen LogP contribution in [0.5, 0.6) is 0 Å². The zero-order valence-electron chi connectivity index (χ0n) is 9.56. The van der Waals surface area contributed by atoms with Gasteiger partial charge in [-0.05, 0) is 31.2 Å². The summed E-state index contributed by atoms with van der Waals surface area (Å²) in [6, 6.07) is 12.1. The molecule has 0 radical (unpaired) electrons. The maximum absolute atomic E-state index is 6.16. The quantitative estimate of drug-likeness (QED) is 0.871. The highest BCUT2D eigenvalue weighted by Crippen LogP contribution is 2.33. The van der Waals surface area contributed by atoms with E-state index in [1.807, 2.05) is 37.3 Å². The van der Waals surface area contributed by atoms with Crippen LogP contribution in [-0.2, 0) is 0 Å². The van der Waals surface area contributed by atoms with Crippen LogP contribution in [0.1, 0.15) is 11.8 Å². The molecule has 0 saturated carbocycles. The Hall–Kier alpha value is -1.09. The molecule has 1 aromatic heterocycles. The van der Waals surface area contributed by atoms with Gasteiger partial charge in [0.2, 0.25) is 0 Å². The summed E-state index contributed by atoms with van der Waals surface area (Å²) >= 11 is 7.88. The SMILES string of the molecule is CC(N)/C=C/c1ccc(-c2ccccc2Cl)s1. The lowest BCUT2D eigenvalue weighted by Gasteiger charge is -1.99. The van der Waals surface area contributed by atoms with Gasteiger partial charge in [-0.1, -0.05) is 35.9 Å². The number of rotatable bonds is 3. The first-order chi connectivity index (χ1) is 8.16. The Morgan fingerprint density at radius 1 is 1.24 bits per heavy atom. The van der Waals surface area contributed by atoms with Crippen LogP contribution in [0.4, 0.5) is 0 Å². The summed E-state index contributed by atoms with van der Waals surface area (Å²) in [5.41, 5.74) is 6.76. The molecule has 0 fully saturated rings. The molecule has 1 heterocycles. The average Bonchev–Trinajstić information content (AvgIpc) is 2.75. The smallest absolute Gasteiger partial charge is 0.0492 e. The third-order valence-corrected chi connectivity index (χ3v) is 3.74. The van der Waals surface area contributed by atoms with E-state index in [2.05, 4.69) is 18.2 Å². The predicted molar refractivity (Wildman–Crippen MR) is 77.4 cm³/mol. The summed E-state index contributed by atoms with van der Waals surface area (Å²) in [4.78, 5) is 2.37. The van der Waals surface area contributed by atoms with Crippen LogP contribution in [0.3, 0.4) is 0 Å². The molecule has 1 aromatic carbocycles.